The fraction of sp³-hybridized carbons (Fsp3) is 0.818. The predicted octanol–water partition coefficient (Wildman–Crippen LogP) is 3.63. The fourth-order valence-corrected chi connectivity index (χ4v) is 2.55. The molecule has 0 bridgehead atoms. The first kappa shape index (κ1) is 8.83. The van der Waals surface area contributed by atoms with Crippen LogP contribution in [0.4, 0.5) is 0 Å². The van der Waals surface area contributed by atoms with Crippen molar-refractivity contribution >= 4 is 0 Å². The molecular formula is C11H20. The highest BCUT2D eigenvalue weighted by atomic mass is 14.5. The summed E-state index contributed by atoms with van der Waals surface area (Å²) in [5.41, 5.74) is 1.90. The standard InChI is InChI=1S/C11H20/c1-6-9-7-10(8(2)3)11(9,4)5/h9-10H,2,6-7H2,1,3-5H3/t9-,10+/m1/s1. The van der Waals surface area contributed by atoms with Gasteiger partial charge in [-0.2, -0.15) is 0 Å². The zero-order valence-corrected chi connectivity index (χ0v) is 8.28. The van der Waals surface area contributed by atoms with Gasteiger partial charge in [-0.1, -0.05) is 39.3 Å². The van der Waals surface area contributed by atoms with Crippen LogP contribution in [0.5, 0.6) is 0 Å². The summed E-state index contributed by atoms with van der Waals surface area (Å²) >= 11 is 0. The molecule has 0 unspecified atom stereocenters. The van der Waals surface area contributed by atoms with Crippen LogP contribution in [0.1, 0.15) is 40.5 Å². The van der Waals surface area contributed by atoms with Crippen molar-refractivity contribution in [1.82, 2.24) is 0 Å². The molecule has 0 aromatic heterocycles. The Hall–Kier alpha value is -0.260. The van der Waals surface area contributed by atoms with Crippen molar-refractivity contribution in [2.75, 3.05) is 0 Å². The van der Waals surface area contributed by atoms with Crippen molar-refractivity contribution in [3.8, 4) is 0 Å². The smallest absolute Gasteiger partial charge is 0.0152 e. The monoisotopic (exact) mass is 152 g/mol. The Morgan fingerprint density at radius 1 is 1.55 bits per heavy atom. The Labute approximate surface area is 70.7 Å². The van der Waals surface area contributed by atoms with E-state index in [1.165, 1.54) is 18.4 Å². The molecule has 0 N–H and O–H groups in total. The van der Waals surface area contributed by atoms with Gasteiger partial charge in [0.05, 0.1) is 0 Å². The fourth-order valence-electron chi connectivity index (χ4n) is 2.55. The van der Waals surface area contributed by atoms with Crippen molar-refractivity contribution < 1.29 is 0 Å². The van der Waals surface area contributed by atoms with E-state index in [2.05, 4.69) is 34.3 Å². The lowest BCUT2D eigenvalue weighted by Crippen LogP contribution is -2.44. The van der Waals surface area contributed by atoms with Crippen LogP contribution in [-0.4, -0.2) is 0 Å². The molecule has 64 valence electrons. The van der Waals surface area contributed by atoms with Crippen molar-refractivity contribution in [2.45, 2.75) is 40.5 Å². The Morgan fingerprint density at radius 3 is 2.36 bits per heavy atom. The molecule has 0 aromatic carbocycles. The summed E-state index contributed by atoms with van der Waals surface area (Å²) in [5, 5.41) is 0. The highest BCUT2D eigenvalue weighted by Gasteiger charge is 2.46. The van der Waals surface area contributed by atoms with Crippen LogP contribution in [-0.2, 0) is 0 Å². The summed E-state index contributed by atoms with van der Waals surface area (Å²) in [6.07, 6.45) is 2.70. The van der Waals surface area contributed by atoms with Gasteiger partial charge in [0, 0.05) is 0 Å². The normalized spacial score (nSPS) is 34.5. The molecule has 1 aliphatic rings. The number of rotatable bonds is 2. The molecule has 1 aliphatic carbocycles. The van der Waals surface area contributed by atoms with E-state index in [1.807, 2.05) is 0 Å². The first-order valence-electron chi connectivity index (χ1n) is 4.65. The number of hydrogen-bond acceptors (Lipinski definition) is 0. The van der Waals surface area contributed by atoms with Gasteiger partial charge in [0.2, 0.25) is 0 Å². The first-order valence-corrected chi connectivity index (χ1v) is 4.65. The maximum absolute atomic E-state index is 4.04. The Bertz CT molecular complexity index is 165. The first-order chi connectivity index (χ1) is 5.00. The predicted molar refractivity (Wildman–Crippen MR) is 50.5 cm³/mol. The lowest BCUT2D eigenvalue weighted by atomic mass is 9.52. The van der Waals surface area contributed by atoms with E-state index in [-0.39, 0.29) is 0 Å². The Morgan fingerprint density at radius 2 is 2.09 bits per heavy atom. The second kappa shape index (κ2) is 2.66. The van der Waals surface area contributed by atoms with Gasteiger partial charge in [0.25, 0.3) is 0 Å². The van der Waals surface area contributed by atoms with Crippen LogP contribution >= 0.6 is 0 Å². The molecule has 0 nitrogen and oxygen atoms in total. The summed E-state index contributed by atoms with van der Waals surface area (Å²) in [6, 6.07) is 0. The van der Waals surface area contributed by atoms with E-state index in [4.69, 9.17) is 0 Å². The third-order valence-electron chi connectivity index (χ3n) is 3.56. The van der Waals surface area contributed by atoms with E-state index in [0.717, 1.165) is 11.8 Å². The van der Waals surface area contributed by atoms with Gasteiger partial charge in [-0.15, -0.1) is 0 Å². The molecular weight excluding hydrogens is 132 g/mol. The van der Waals surface area contributed by atoms with Gasteiger partial charge in [-0.3, -0.25) is 0 Å². The van der Waals surface area contributed by atoms with Gasteiger partial charge in [0.15, 0.2) is 0 Å². The molecule has 2 atom stereocenters. The largest absolute Gasteiger partial charge is 0.0998 e. The lowest BCUT2D eigenvalue weighted by molar-refractivity contribution is 0.00216. The van der Waals surface area contributed by atoms with E-state index in [9.17, 15) is 0 Å². The average molecular weight is 152 g/mol. The summed E-state index contributed by atoms with van der Waals surface area (Å²) in [7, 11) is 0. The van der Waals surface area contributed by atoms with Crippen LogP contribution in [0, 0.1) is 17.3 Å². The quantitative estimate of drug-likeness (QED) is 0.530. The van der Waals surface area contributed by atoms with E-state index in [1.54, 1.807) is 0 Å². The van der Waals surface area contributed by atoms with Crippen molar-refractivity contribution in [2.24, 2.45) is 17.3 Å². The minimum atomic E-state index is 0.528. The molecule has 0 heteroatoms. The van der Waals surface area contributed by atoms with Crippen LogP contribution in [0.2, 0.25) is 0 Å². The Kier molecular flexibility index (Phi) is 2.13. The summed E-state index contributed by atoms with van der Waals surface area (Å²) in [4.78, 5) is 0. The minimum Gasteiger partial charge on any atom is -0.0998 e. The van der Waals surface area contributed by atoms with Gasteiger partial charge in [-0.05, 0) is 30.6 Å². The maximum Gasteiger partial charge on any atom is -0.0152 e. The SMILES string of the molecule is C=C(C)[C@@H]1C[C@@H](CC)C1(C)C. The van der Waals surface area contributed by atoms with E-state index >= 15 is 0 Å². The molecule has 0 heterocycles. The zero-order chi connectivity index (χ0) is 8.65. The average Bonchev–Trinajstić information content (AvgIpc) is 1.85. The van der Waals surface area contributed by atoms with E-state index in [0.29, 0.717) is 5.41 Å². The summed E-state index contributed by atoms with van der Waals surface area (Å²) in [5.74, 6) is 1.72. The van der Waals surface area contributed by atoms with Crippen LogP contribution in [0.15, 0.2) is 12.2 Å². The Balaban J connectivity index is 2.61. The maximum atomic E-state index is 4.04. The third kappa shape index (κ3) is 1.23. The lowest BCUT2D eigenvalue weighted by Gasteiger charge is -2.53. The molecule has 0 aromatic rings. The molecule has 1 saturated carbocycles. The topological polar surface area (TPSA) is 0 Å². The van der Waals surface area contributed by atoms with Gasteiger partial charge in [0.1, 0.15) is 0 Å². The molecule has 0 saturated heterocycles. The van der Waals surface area contributed by atoms with E-state index < -0.39 is 0 Å². The van der Waals surface area contributed by atoms with Gasteiger partial charge >= 0.3 is 0 Å². The van der Waals surface area contributed by atoms with Crippen LogP contribution in [0.3, 0.4) is 0 Å². The second-order valence-corrected chi connectivity index (χ2v) is 4.56. The molecule has 1 fully saturated rings. The second-order valence-electron chi connectivity index (χ2n) is 4.56. The molecule has 0 aliphatic heterocycles. The number of hydrogen-bond donors (Lipinski definition) is 0. The molecule has 1 rings (SSSR count). The molecule has 0 spiro atoms. The zero-order valence-electron chi connectivity index (χ0n) is 8.28. The highest BCUT2D eigenvalue weighted by molar-refractivity contribution is 5.11. The highest BCUT2D eigenvalue weighted by Crippen LogP contribution is 2.55. The minimum absolute atomic E-state index is 0.528. The van der Waals surface area contributed by atoms with Crippen LogP contribution < -0.4 is 0 Å². The van der Waals surface area contributed by atoms with Crippen LogP contribution in [0.25, 0.3) is 0 Å². The number of allylic oxidation sites excluding steroid dienone is 1. The molecule has 0 radical (unpaired) electrons. The molecule has 11 heavy (non-hydrogen) atoms. The summed E-state index contributed by atoms with van der Waals surface area (Å²) < 4.78 is 0. The van der Waals surface area contributed by atoms with Crippen molar-refractivity contribution in [3.63, 3.8) is 0 Å². The molecule has 0 amide bonds. The van der Waals surface area contributed by atoms with Crippen molar-refractivity contribution in [3.05, 3.63) is 12.2 Å². The van der Waals surface area contributed by atoms with Crippen molar-refractivity contribution in [1.29, 1.82) is 0 Å². The van der Waals surface area contributed by atoms with Gasteiger partial charge < -0.3 is 0 Å². The van der Waals surface area contributed by atoms with Gasteiger partial charge in [-0.25, -0.2) is 0 Å². The summed E-state index contributed by atoms with van der Waals surface area (Å²) in [6.45, 7) is 13.3. The third-order valence-corrected chi connectivity index (χ3v) is 3.56.